The highest BCUT2D eigenvalue weighted by molar-refractivity contribution is 8.00. The van der Waals surface area contributed by atoms with E-state index < -0.39 is 0 Å². The second-order valence-corrected chi connectivity index (χ2v) is 6.08. The number of thioether (sulfide) groups is 1. The molecule has 2 saturated heterocycles. The van der Waals surface area contributed by atoms with Gasteiger partial charge in [-0.15, -0.1) is 11.8 Å². The Bertz CT molecular complexity index is 499. The van der Waals surface area contributed by atoms with Gasteiger partial charge in [-0.1, -0.05) is 18.2 Å². The number of rotatable bonds is 1. The Balaban J connectivity index is 1.98. The van der Waals surface area contributed by atoms with E-state index >= 15 is 0 Å². The van der Waals surface area contributed by atoms with E-state index in [0.717, 1.165) is 0 Å². The molecule has 4 atom stereocenters. The van der Waals surface area contributed by atoms with Gasteiger partial charge < -0.3 is 5.32 Å². The largest absolute Gasteiger partial charge is 0.338 e. The Kier molecular flexibility index (Phi) is 3.47. The number of carbonyl (C=O) groups is 1. The minimum absolute atomic E-state index is 0.0118. The zero-order valence-electron chi connectivity index (χ0n) is 10.5. The van der Waals surface area contributed by atoms with Crippen LogP contribution in [0.4, 0.5) is 4.39 Å². The highest BCUT2D eigenvalue weighted by atomic mass is 32.2. The van der Waals surface area contributed by atoms with E-state index in [1.165, 1.54) is 17.8 Å². The van der Waals surface area contributed by atoms with Gasteiger partial charge >= 0.3 is 0 Å². The van der Waals surface area contributed by atoms with Gasteiger partial charge in [0.1, 0.15) is 5.82 Å². The minimum Gasteiger partial charge on any atom is -0.338 e. The van der Waals surface area contributed by atoms with Gasteiger partial charge in [0.2, 0.25) is 5.91 Å². The van der Waals surface area contributed by atoms with Gasteiger partial charge in [0.25, 0.3) is 0 Å². The maximum absolute atomic E-state index is 14.0. The highest BCUT2D eigenvalue weighted by Gasteiger charge is 2.43. The Morgan fingerprint density at radius 3 is 2.89 bits per heavy atom. The van der Waals surface area contributed by atoms with Crippen LogP contribution in [0.3, 0.4) is 0 Å². The van der Waals surface area contributed by atoms with Crippen LogP contribution in [0.5, 0.6) is 0 Å². The molecule has 0 radical (unpaired) electrons. The van der Waals surface area contributed by atoms with Crippen LogP contribution < -0.4 is 16.2 Å². The van der Waals surface area contributed by atoms with E-state index in [1.54, 1.807) is 6.07 Å². The minimum atomic E-state index is -0.202. The molecule has 19 heavy (non-hydrogen) atoms. The van der Waals surface area contributed by atoms with Crippen LogP contribution >= 0.6 is 11.8 Å². The number of amides is 1. The predicted octanol–water partition coefficient (Wildman–Crippen LogP) is 1.17. The number of benzene rings is 1. The summed E-state index contributed by atoms with van der Waals surface area (Å²) in [6.07, 6.45) is -0.151. The number of nitrogens with one attached hydrogen (secondary N) is 3. The second kappa shape index (κ2) is 5.11. The van der Waals surface area contributed by atoms with Crippen LogP contribution in [0, 0.1) is 11.7 Å². The third kappa shape index (κ3) is 2.35. The zero-order chi connectivity index (χ0) is 13.4. The standard InChI is InChI=1S/C13H16FN3OS/c1-7-11-12(8-4-2-3-5-9(8)14)19-6-10(18)15-13(11)17-16-7/h2-5,7,11-13,16-17H,6H2,1H3,(H,15,18). The number of fused-ring (bicyclic) bond motifs is 1. The van der Waals surface area contributed by atoms with Gasteiger partial charge in [0.05, 0.1) is 11.9 Å². The summed E-state index contributed by atoms with van der Waals surface area (Å²) in [7, 11) is 0. The number of carbonyl (C=O) groups excluding carboxylic acids is 1. The second-order valence-electron chi connectivity index (χ2n) is 4.95. The van der Waals surface area contributed by atoms with Crippen LogP contribution in [0.25, 0.3) is 0 Å². The summed E-state index contributed by atoms with van der Waals surface area (Å²) in [5.41, 5.74) is 6.89. The fraction of sp³-hybridized carbons (Fsp3) is 0.462. The lowest BCUT2D eigenvalue weighted by molar-refractivity contribution is -0.119. The molecule has 2 fully saturated rings. The number of hydrazine groups is 1. The zero-order valence-corrected chi connectivity index (χ0v) is 11.3. The summed E-state index contributed by atoms with van der Waals surface area (Å²) < 4.78 is 14.0. The molecular formula is C13H16FN3OS. The van der Waals surface area contributed by atoms with E-state index in [-0.39, 0.29) is 35.1 Å². The number of halogens is 1. The fourth-order valence-electron chi connectivity index (χ4n) is 2.77. The van der Waals surface area contributed by atoms with E-state index in [0.29, 0.717) is 11.3 Å². The molecule has 3 N–H and O–H groups in total. The Labute approximate surface area is 115 Å². The van der Waals surface area contributed by atoms with Gasteiger partial charge in [-0.05, 0) is 13.0 Å². The highest BCUT2D eigenvalue weighted by Crippen LogP contribution is 2.42. The van der Waals surface area contributed by atoms with Crippen molar-refractivity contribution in [2.45, 2.75) is 24.4 Å². The summed E-state index contributed by atoms with van der Waals surface area (Å²) in [5.74, 6) is 0.267. The number of hydrogen-bond donors (Lipinski definition) is 3. The number of hydrogen-bond acceptors (Lipinski definition) is 4. The average molecular weight is 281 g/mol. The predicted molar refractivity (Wildman–Crippen MR) is 72.8 cm³/mol. The van der Waals surface area contributed by atoms with Crippen molar-refractivity contribution in [1.29, 1.82) is 0 Å². The monoisotopic (exact) mass is 281 g/mol. The maximum atomic E-state index is 14.0. The topological polar surface area (TPSA) is 53.2 Å². The maximum Gasteiger partial charge on any atom is 0.231 e. The Morgan fingerprint density at radius 1 is 1.32 bits per heavy atom. The lowest BCUT2D eigenvalue weighted by Crippen LogP contribution is -2.46. The van der Waals surface area contributed by atoms with Crippen LogP contribution in [0.15, 0.2) is 24.3 Å². The van der Waals surface area contributed by atoms with Crippen molar-refractivity contribution < 1.29 is 9.18 Å². The molecule has 0 bridgehead atoms. The van der Waals surface area contributed by atoms with Crippen LogP contribution in [0.1, 0.15) is 17.7 Å². The molecule has 0 aliphatic carbocycles. The van der Waals surface area contributed by atoms with E-state index in [1.807, 2.05) is 19.1 Å². The molecule has 2 aliphatic rings. The van der Waals surface area contributed by atoms with E-state index in [9.17, 15) is 9.18 Å². The van der Waals surface area contributed by atoms with Gasteiger partial charge in [-0.25, -0.2) is 9.82 Å². The first-order chi connectivity index (χ1) is 9.16. The summed E-state index contributed by atoms with van der Waals surface area (Å²) >= 11 is 1.51. The summed E-state index contributed by atoms with van der Waals surface area (Å²) in [6, 6.07) is 6.99. The summed E-state index contributed by atoms with van der Waals surface area (Å²) in [6.45, 7) is 2.05. The molecule has 2 heterocycles. The molecule has 102 valence electrons. The Morgan fingerprint density at radius 2 is 2.11 bits per heavy atom. The molecule has 3 rings (SSSR count). The molecule has 0 aromatic heterocycles. The van der Waals surface area contributed by atoms with Crippen molar-refractivity contribution in [2.24, 2.45) is 5.92 Å². The van der Waals surface area contributed by atoms with Crippen molar-refractivity contribution in [2.75, 3.05) is 5.75 Å². The lowest BCUT2D eigenvalue weighted by atomic mass is 9.91. The normalized spacial score (nSPS) is 34.5. The smallest absolute Gasteiger partial charge is 0.231 e. The molecule has 6 heteroatoms. The quantitative estimate of drug-likeness (QED) is 0.723. The molecule has 1 aromatic carbocycles. The average Bonchev–Trinajstić information content (AvgIpc) is 2.65. The van der Waals surface area contributed by atoms with Gasteiger partial charge in [0, 0.05) is 22.8 Å². The van der Waals surface area contributed by atoms with Gasteiger partial charge in [-0.3, -0.25) is 10.2 Å². The first kappa shape index (κ1) is 12.9. The molecule has 1 aromatic rings. The van der Waals surface area contributed by atoms with Gasteiger partial charge in [-0.2, -0.15) is 0 Å². The molecule has 2 aliphatic heterocycles. The van der Waals surface area contributed by atoms with Gasteiger partial charge in [0.15, 0.2) is 0 Å². The van der Waals surface area contributed by atoms with Crippen molar-refractivity contribution in [3.05, 3.63) is 35.6 Å². The molecule has 4 nitrogen and oxygen atoms in total. The third-order valence-corrected chi connectivity index (χ3v) is 5.06. The van der Waals surface area contributed by atoms with Crippen molar-refractivity contribution in [3.8, 4) is 0 Å². The first-order valence-electron chi connectivity index (χ1n) is 6.33. The molecule has 4 unspecified atom stereocenters. The summed E-state index contributed by atoms with van der Waals surface area (Å²) in [5, 5.41) is 2.90. The molecule has 0 spiro atoms. The van der Waals surface area contributed by atoms with Crippen molar-refractivity contribution >= 4 is 17.7 Å². The van der Waals surface area contributed by atoms with Crippen molar-refractivity contribution in [3.63, 3.8) is 0 Å². The third-order valence-electron chi connectivity index (χ3n) is 3.70. The van der Waals surface area contributed by atoms with Crippen molar-refractivity contribution in [1.82, 2.24) is 16.2 Å². The van der Waals surface area contributed by atoms with E-state index in [2.05, 4.69) is 16.2 Å². The summed E-state index contributed by atoms with van der Waals surface area (Å²) in [4.78, 5) is 11.7. The van der Waals surface area contributed by atoms with Crippen LogP contribution in [-0.2, 0) is 4.79 Å². The fourth-order valence-corrected chi connectivity index (χ4v) is 4.17. The van der Waals surface area contributed by atoms with Crippen LogP contribution in [-0.4, -0.2) is 23.9 Å². The van der Waals surface area contributed by atoms with E-state index in [4.69, 9.17) is 0 Å². The molecular weight excluding hydrogens is 265 g/mol. The Hall–Kier alpha value is -1.11. The SMILES string of the molecule is CC1NNC2NC(=O)CSC(c3ccccc3F)C12. The molecule has 1 amide bonds. The lowest BCUT2D eigenvalue weighted by Gasteiger charge is -2.27. The first-order valence-corrected chi connectivity index (χ1v) is 7.38. The molecule has 0 saturated carbocycles. The van der Waals surface area contributed by atoms with Crippen LogP contribution in [0.2, 0.25) is 0 Å².